The molecule has 4 rings (SSSR count). The molecule has 9 heteroatoms. The minimum Gasteiger partial charge on any atom is -0.384 e. The van der Waals surface area contributed by atoms with Crippen LogP contribution in [0.2, 0.25) is 0 Å². The van der Waals surface area contributed by atoms with Gasteiger partial charge in [-0.2, -0.15) is 0 Å². The van der Waals surface area contributed by atoms with Crippen LogP contribution in [0, 0.1) is 5.92 Å². The number of piperidine rings is 1. The van der Waals surface area contributed by atoms with Gasteiger partial charge in [-0.3, -0.25) is 19.5 Å². The van der Waals surface area contributed by atoms with E-state index in [9.17, 15) is 14.4 Å². The number of hydrogen-bond acceptors (Lipinski definition) is 5. The molecule has 0 aliphatic carbocycles. The zero-order valence-electron chi connectivity index (χ0n) is 18.5. The molecule has 1 saturated heterocycles. The van der Waals surface area contributed by atoms with Gasteiger partial charge in [0.05, 0.1) is 42.6 Å². The summed E-state index contributed by atoms with van der Waals surface area (Å²) in [7, 11) is 1.57. The van der Waals surface area contributed by atoms with Gasteiger partial charge in [-0.25, -0.2) is 9.50 Å². The molecule has 0 aromatic carbocycles. The van der Waals surface area contributed by atoms with Gasteiger partial charge in [-0.05, 0) is 19.3 Å². The zero-order valence-corrected chi connectivity index (χ0v) is 18.5. The molecular weight excluding hydrogens is 398 g/mol. The van der Waals surface area contributed by atoms with Gasteiger partial charge in [0, 0.05) is 38.6 Å². The Labute approximate surface area is 181 Å². The normalized spacial score (nSPS) is 19.2. The van der Waals surface area contributed by atoms with Crippen molar-refractivity contribution >= 4 is 17.5 Å². The van der Waals surface area contributed by atoms with Crippen LogP contribution in [0.5, 0.6) is 0 Å². The minimum absolute atomic E-state index is 0.0192. The first-order chi connectivity index (χ1) is 14.9. The van der Waals surface area contributed by atoms with Crippen molar-refractivity contribution in [1.29, 1.82) is 0 Å². The van der Waals surface area contributed by atoms with Crippen LogP contribution in [0.4, 0.5) is 0 Å². The molecule has 9 nitrogen and oxygen atoms in total. The fourth-order valence-corrected chi connectivity index (χ4v) is 4.58. The second-order valence-electron chi connectivity index (χ2n) is 8.75. The summed E-state index contributed by atoms with van der Waals surface area (Å²) in [6, 6.07) is 1.82. The van der Waals surface area contributed by atoms with Crippen molar-refractivity contribution in [2.75, 3.05) is 26.8 Å². The molecule has 31 heavy (non-hydrogen) atoms. The molecule has 2 aromatic heterocycles. The van der Waals surface area contributed by atoms with E-state index >= 15 is 0 Å². The number of ether oxygens (including phenoxy) is 1. The SMILES string of the molecule is COCCC(=O)N1CCc2nc3cc([C@@H]4CCCCN4C(=O)C(C)C)[nH]n3c(=O)c2C1. The zero-order chi connectivity index (χ0) is 22.1. The van der Waals surface area contributed by atoms with Gasteiger partial charge in [-0.1, -0.05) is 13.8 Å². The molecule has 2 aliphatic heterocycles. The number of carbonyl (C=O) groups excluding carboxylic acids is 2. The fourth-order valence-electron chi connectivity index (χ4n) is 4.58. The number of nitrogens with zero attached hydrogens (tertiary/aromatic N) is 4. The second-order valence-corrected chi connectivity index (χ2v) is 8.75. The maximum Gasteiger partial charge on any atom is 0.277 e. The number of methoxy groups -OCH3 is 1. The first-order valence-corrected chi connectivity index (χ1v) is 11.1. The largest absolute Gasteiger partial charge is 0.384 e. The van der Waals surface area contributed by atoms with Crippen LogP contribution in [0.1, 0.15) is 62.5 Å². The number of rotatable bonds is 5. The number of fused-ring (bicyclic) bond motifs is 2. The lowest BCUT2D eigenvalue weighted by Crippen LogP contribution is -2.41. The first-order valence-electron chi connectivity index (χ1n) is 11.1. The molecule has 0 bridgehead atoms. The van der Waals surface area contributed by atoms with Gasteiger partial charge in [0.1, 0.15) is 0 Å². The molecule has 1 N–H and O–H groups in total. The van der Waals surface area contributed by atoms with Gasteiger partial charge >= 0.3 is 0 Å². The van der Waals surface area contributed by atoms with Gasteiger partial charge in [0.2, 0.25) is 11.8 Å². The average molecular weight is 430 g/mol. The quantitative estimate of drug-likeness (QED) is 0.779. The minimum atomic E-state index is -0.173. The van der Waals surface area contributed by atoms with Gasteiger partial charge in [-0.15, -0.1) is 0 Å². The molecule has 0 spiro atoms. The van der Waals surface area contributed by atoms with Crippen molar-refractivity contribution in [3.05, 3.63) is 33.4 Å². The molecule has 168 valence electrons. The number of carbonyl (C=O) groups is 2. The molecule has 2 aliphatic rings. The average Bonchev–Trinajstić information content (AvgIpc) is 3.21. The van der Waals surface area contributed by atoms with Crippen LogP contribution in [-0.4, -0.2) is 63.0 Å². The predicted molar refractivity (Wildman–Crippen MR) is 115 cm³/mol. The van der Waals surface area contributed by atoms with Crippen LogP contribution in [0.25, 0.3) is 5.65 Å². The van der Waals surface area contributed by atoms with Gasteiger partial charge in [0.25, 0.3) is 5.56 Å². The summed E-state index contributed by atoms with van der Waals surface area (Å²) in [4.78, 5) is 46.7. The molecule has 4 heterocycles. The third kappa shape index (κ3) is 4.11. The topological polar surface area (TPSA) is 100 Å². The van der Waals surface area contributed by atoms with Crippen molar-refractivity contribution in [3.8, 4) is 0 Å². The number of aromatic nitrogens is 3. The van der Waals surface area contributed by atoms with E-state index in [0.29, 0.717) is 37.2 Å². The first kappa shape index (κ1) is 21.5. The predicted octanol–water partition coefficient (Wildman–Crippen LogP) is 1.65. The molecule has 1 fully saturated rings. The Morgan fingerprint density at radius 2 is 2.10 bits per heavy atom. The summed E-state index contributed by atoms with van der Waals surface area (Å²) in [5.74, 6) is 0.0437. The Hall–Kier alpha value is -2.68. The lowest BCUT2D eigenvalue weighted by molar-refractivity contribution is -0.138. The van der Waals surface area contributed by atoms with E-state index in [1.54, 1.807) is 12.0 Å². The standard InChI is InChI=1S/C22H31N5O4/c1-14(2)21(29)26-9-5-4-6-18(26)17-12-19-23-16-7-10-25(20(28)8-11-31-3)13-15(16)22(30)27(19)24-17/h12,14,18,24H,4-11,13H2,1-3H3/t18-/m0/s1. The Bertz CT molecular complexity index is 1040. The van der Waals surface area contributed by atoms with Crippen molar-refractivity contribution in [2.45, 2.75) is 58.5 Å². The fraction of sp³-hybridized carbons (Fsp3) is 0.636. The van der Waals surface area contributed by atoms with E-state index in [1.165, 1.54) is 4.52 Å². The number of likely N-dealkylation sites (tertiary alicyclic amines) is 1. The Kier molecular flexibility index (Phi) is 6.13. The van der Waals surface area contributed by atoms with Crippen LogP contribution in [0.15, 0.2) is 10.9 Å². The number of nitrogens with one attached hydrogen (secondary N) is 1. The van der Waals surface area contributed by atoms with Crippen molar-refractivity contribution in [1.82, 2.24) is 24.4 Å². The molecule has 1 atom stereocenters. The van der Waals surface area contributed by atoms with Crippen LogP contribution >= 0.6 is 0 Å². The van der Waals surface area contributed by atoms with E-state index in [0.717, 1.165) is 37.2 Å². The molecule has 2 amide bonds. The molecule has 2 aromatic rings. The Balaban J connectivity index is 1.65. The Morgan fingerprint density at radius 1 is 1.29 bits per heavy atom. The molecule has 0 unspecified atom stereocenters. The van der Waals surface area contributed by atoms with Crippen LogP contribution in [-0.2, 0) is 27.3 Å². The number of H-pyrrole nitrogens is 1. The van der Waals surface area contributed by atoms with Crippen LogP contribution < -0.4 is 5.56 Å². The number of hydrogen-bond donors (Lipinski definition) is 1. The maximum atomic E-state index is 13.2. The number of amides is 2. The summed E-state index contributed by atoms with van der Waals surface area (Å²) in [6.45, 7) is 5.75. The summed E-state index contributed by atoms with van der Waals surface area (Å²) in [5.41, 5.74) is 2.55. The van der Waals surface area contributed by atoms with E-state index in [-0.39, 0.29) is 35.9 Å². The smallest absolute Gasteiger partial charge is 0.277 e. The molecule has 0 saturated carbocycles. The van der Waals surface area contributed by atoms with Crippen molar-refractivity contribution in [3.63, 3.8) is 0 Å². The monoisotopic (exact) mass is 429 g/mol. The van der Waals surface area contributed by atoms with E-state index in [1.807, 2.05) is 24.8 Å². The van der Waals surface area contributed by atoms with Gasteiger partial charge in [0.15, 0.2) is 5.65 Å². The summed E-state index contributed by atoms with van der Waals surface area (Å²) in [5, 5.41) is 3.21. The molecule has 0 radical (unpaired) electrons. The molecular formula is C22H31N5O4. The number of aromatic amines is 1. The van der Waals surface area contributed by atoms with Crippen molar-refractivity contribution < 1.29 is 14.3 Å². The highest BCUT2D eigenvalue weighted by molar-refractivity contribution is 5.78. The highest BCUT2D eigenvalue weighted by Crippen LogP contribution is 2.31. The van der Waals surface area contributed by atoms with E-state index in [4.69, 9.17) is 9.72 Å². The van der Waals surface area contributed by atoms with Crippen molar-refractivity contribution in [2.24, 2.45) is 5.92 Å². The summed E-state index contributed by atoms with van der Waals surface area (Å²) >= 11 is 0. The summed E-state index contributed by atoms with van der Waals surface area (Å²) < 4.78 is 6.46. The van der Waals surface area contributed by atoms with E-state index < -0.39 is 0 Å². The lowest BCUT2D eigenvalue weighted by Gasteiger charge is -2.36. The van der Waals surface area contributed by atoms with E-state index in [2.05, 4.69) is 5.10 Å². The third-order valence-corrected chi connectivity index (χ3v) is 6.29. The maximum absolute atomic E-state index is 13.2. The summed E-state index contributed by atoms with van der Waals surface area (Å²) in [6.07, 6.45) is 3.76. The highest BCUT2D eigenvalue weighted by atomic mass is 16.5. The Morgan fingerprint density at radius 3 is 2.84 bits per heavy atom. The lowest BCUT2D eigenvalue weighted by atomic mass is 9.97. The highest BCUT2D eigenvalue weighted by Gasteiger charge is 2.31. The van der Waals surface area contributed by atoms with Crippen LogP contribution in [0.3, 0.4) is 0 Å². The van der Waals surface area contributed by atoms with Gasteiger partial charge < -0.3 is 14.5 Å². The second kappa shape index (κ2) is 8.82. The third-order valence-electron chi connectivity index (χ3n) is 6.29.